The molecule has 2 aromatic rings. The van der Waals surface area contributed by atoms with Gasteiger partial charge >= 0.3 is 0 Å². The Kier molecular flexibility index (Phi) is 3.05. The second-order valence-electron chi connectivity index (χ2n) is 3.45. The molecule has 0 saturated heterocycles. The zero-order valence-corrected chi connectivity index (χ0v) is 9.64. The third-order valence-corrected chi connectivity index (χ3v) is 3.03. The Morgan fingerprint density at radius 1 is 1.50 bits per heavy atom. The molecular weight excluding hydrogens is 225 g/mol. The Balaban J connectivity index is 2.04. The van der Waals surface area contributed by atoms with Gasteiger partial charge in [0.05, 0.1) is 17.9 Å². The number of aryl methyl sites for hydroxylation is 1. The third kappa shape index (κ3) is 2.49. The molecule has 16 heavy (non-hydrogen) atoms. The fourth-order valence-corrected chi connectivity index (χ4v) is 2.08. The highest BCUT2D eigenvalue weighted by Crippen LogP contribution is 2.20. The summed E-state index contributed by atoms with van der Waals surface area (Å²) in [5, 5.41) is 4.11. The first-order chi connectivity index (χ1) is 7.65. The van der Waals surface area contributed by atoms with E-state index in [1.807, 2.05) is 13.1 Å². The van der Waals surface area contributed by atoms with Gasteiger partial charge in [-0.3, -0.25) is 0 Å². The highest BCUT2D eigenvalue weighted by Gasteiger charge is 2.02. The van der Waals surface area contributed by atoms with Crippen molar-refractivity contribution in [3.63, 3.8) is 0 Å². The van der Waals surface area contributed by atoms with Crippen LogP contribution in [0.15, 0.2) is 24.4 Å². The van der Waals surface area contributed by atoms with Crippen LogP contribution < -0.4 is 11.1 Å². The van der Waals surface area contributed by atoms with Crippen molar-refractivity contribution in [2.24, 2.45) is 0 Å². The molecule has 1 heterocycles. The summed E-state index contributed by atoms with van der Waals surface area (Å²) in [7, 11) is 0. The molecule has 3 nitrogen and oxygen atoms in total. The molecule has 0 saturated carbocycles. The molecule has 84 valence electrons. The molecule has 1 aromatic carbocycles. The van der Waals surface area contributed by atoms with E-state index in [1.165, 1.54) is 17.0 Å². The largest absolute Gasteiger partial charge is 0.397 e. The summed E-state index contributed by atoms with van der Waals surface area (Å²) in [6.45, 7) is 2.61. The molecule has 0 unspecified atom stereocenters. The normalized spacial score (nSPS) is 10.4. The number of nitrogen functional groups attached to an aromatic ring is 1. The van der Waals surface area contributed by atoms with Crippen molar-refractivity contribution in [3.8, 4) is 0 Å². The number of benzene rings is 1. The van der Waals surface area contributed by atoms with Crippen LogP contribution in [-0.2, 0) is 6.54 Å². The molecule has 0 fully saturated rings. The fraction of sp³-hybridized carbons (Fsp3) is 0.182. The number of anilines is 2. The lowest BCUT2D eigenvalue weighted by Gasteiger charge is -2.07. The van der Waals surface area contributed by atoms with E-state index < -0.39 is 0 Å². The van der Waals surface area contributed by atoms with Gasteiger partial charge in [-0.2, -0.15) is 0 Å². The van der Waals surface area contributed by atoms with Crippen LogP contribution in [0.4, 0.5) is 15.8 Å². The van der Waals surface area contributed by atoms with E-state index in [9.17, 15) is 4.39 Å². The van der Waals surface area contributed by atoms with Gasteiger partial charge in [0.25, 0.3) is 0 Å². The minimum atomic E-state index is -0.326. The smallest absolute Gasteiger partial charge is 0.125 e. The van der Waals surface area contributed by atoms with E-state index in [4.69, 9.17) is 5.73 Å². The molecule has 2 rings (SSSR count). The predicted molar refractivity (Wildman–Crippen MR) is 65.0 cm³/mol. The lowest BCUT2D eigenvalue weighted by atomic mass is 10.2. The summed E-state index contributed by atoms with van der Waals surface area (Å²) in [4.78, 5) is 5.39. The molecule has 3 N–H and O–H groups in total. The van der Waals surface area contributed by atoms with Gasteiger partial charge in [0.2, 0.25) is 0 Å². The van der Waals surface area contributed by atoms with Crippen LogP contribution in [0, 0.1) is 12.7 Å². The molecule has 5 heteroatoms. The maximum Gasteiger partial charge on any atom is 0.125 e. The summed E-state index contributed by atoms with van der Waals surface area (Å²) >= 11 is 1.63. The second-order valence-corrected chi connectivity index (χ2v) is 4.77. The summed E-state index contributed by atoms with van der Waals surface area (Å²) < 4.78 is 12.8. The average Bonchev–Trinajstić information content (AvgIpc) is 2.63. The van der Waals surface area contributed by atoms with Crippen LogP contribution in [0.5, 0.6) is 0 Å². The molecule has 1 aromatic heterocycles. The van der Waals surface area contributed by atoms with Gasteiger partial charge < -0.3 is 11.1 Å². The number of nitrogens with two attached hydrogens (primary N) is 1. The number of nitrogens with zero attached hydrogens (tertiary/aromatic N) is 1. The highest BCUT2D eigenvalue weighted by atomic mass is 32.1. The number of halogens is 1. The van der Waals surface area contributed by atoms with E-state index in [0.29, 0.717) is 12.2 Å². The molecule has 0 atom stereocenters. The van der Waals surface area contributed by atoms with Gasteiger partial charge in [0, 0.05) is 11.1 Å². The van der Waals surface area contributed by atoms with Crippen molar-refractivity contribution >= 4 is 22.7 Å². The zero-order chi connectivity index (χ0) is 11.5. The molecular formula is C11H12FN3S. The van der Waals surface area contributed by atoms with Crippen LogP contribution in [0.1, 0.15) is 9.88 Å². The van der Waals surface area contributed by atoms with E-state index in [-0.39, 0.29) is 5.82 Å². The van der Waals surface area contributed by atoms with Crippen LogP contribution in [-0.4, -0.2) is 4.98 Å². The van der Waals surface area contributed by atoms with Crippen molar-refractivity contribution in [2.45, 2.75) is 13.5 Å². The quantitative estimate of drug-likeness (QED) is 0.807. The number of hydrogen-bond acceptors (Lipinski definition) is 4. The van der Waals surface area contributed by atoms with Crippen molar-refractivity contribution in [2.75, 3.05) is 11.1 Å². The average molecular weight is 237 g/mol. The van der Waals surface area contributed by atoms with Crippen molar-refractivity contribution in [1.82, 2.24) is 4.98 Å². The molecule has 0 aliphatic rings. The van der Waals surface area contributed by atoms with Crippen molar-refractivity contribution in [1.29, 1.82) is 0 Å². The summed E-state index contributed by atoms with van der Waals surface area (Å²) in [6, 6.07) is 4.31. The van der Waals surface area contributed by atoms with Crippen molar-refractivity contribution < 1.29 is 4.39 Å². The third-order valence-electron chi connectivity index (χ3n) is 2.11. The van der Waals surface area contributed by atoms with Crippen LogP contribution >= 0.6 is 11.3 Å². The maximum absolute atomic E-state index is 12.8. The summed E-state index contributed by atoms with van der Waals surface area (Å²) in [5.74, 6) is -0.326. The Hall–Kier alpha value is -1.62. The first kappa shape index (κ1) is 10.9. The van der Waals surface area contributed by atoms with Gasteiger partial charge in [-0.05, 0) is 25.1 Å². The number of thiazole rings is 1. The lowest BCUT2D eigenvalue weighted by molar-refractivity contribution is 0.628. The topological polar surface area (TPSA) is 50.9 Å². The van der Waals surface area contributed by atoms with Gasteiger partial charge in [0.15, 0.2) is 0 Å². The van der Waals surface area contributed by atoms with E-state index in [2.05, 4.69) is 10.3 Å². The van der Waals surface area contributed by atoms with Gasteiger partial charge in [0.1, 0.15) is 10.8 Å². The molecule has 0 aliphatic carbocycles. The minimum Gasteiger partial charge on any atom is -0.397 e. The number of aromatic nitrogens is 1. The molecule has 0 radical (unpaired) electrons. The van der Waals surface area contributed by atoms with E-state index >= 15 is 0 Å². The first-order valence-corrected chi connectivity index (χ1v) is 5.67. The van der Waals surface area contributed by atoms with Crippen molar-refractivity contribution in [3.05, 3.63) is 40.1 Å². The van der Waals surface area contributed by atoms with Gasteiger partial charge in [-0.15, -0.1) is 11.3 Å². The number of hydrogen-bond donors (Lipinski definition) is 2. The summed E-state index contributed by atoms with van der Waals surface area (Å²) in [6.07, 6.45) is 1.83. The monoisotopic (exact) mass is 237 g/mol. The van der Waals surface area contributed by atoms with E-state index in [0.717, 1.165) is 10.7 Å². The maximum atomic E-state index is 12.8. The van der Waals surface area contributed by atoms with E-state index in [1.54, 1.807) is 17.4 Å². The minimum absolute atomic E-state index is 0.326. The zero-order valence-electron chi connectivity index (χ0n) is 8.83. The highest BCUT2D eigenvalue weighted by molar-refractivity contribution is 7.11. The van der Waals surface area contributed by atoms with Gasteiger partial charge in [-0.25, -0.2) is 9.37 Å². The molecule has 0 amide bonds. The Labute approximate surface area is 97.1 Å². The Bertz CT molecular complexity index is 496. The Morgan fingerprint density at radius 2 is 2.31 bits per heavy atom. The fourth-order valence-electron chi connectivity index (χ4n) is 1.35. The second kappa shape index (κ2) is 4.49. The molecule has 0 aliphatic heterocycles. The Morgan fingerprint density at radius 3 is 2.94 bits per heavy atom. The number of nitrogens with one attached hydrogen (secondary N) is 1. The number of rotatable bonds is 3. The van der Waals surface area contributed by atoms with Gasteiger partial charge in [-0.1, -0.05) is 0 Å². The molecule has 0 bridgehead atoms. The first-order valence-electron chi connectivity index (χ1n) is 4.85. The predicted octanol–water partition coefficient (Wildman–Crippen LogP) is 2.78. The van der Waals surface area contributed by atoms with Crippen LogP contribution in [0.2, 0.25) is 0 Å². The summed E-state index contributed by atoms with van der Waals surface area (Å²) in [5.41, 5.74) is 6.81. The van der Waals surface area contributed by atoms with Crippen LogP contribution in [0.25, 0.3) is 0 Å². The molecule has 0 spiro atoms. The standard InChI is InChI=1S/C11H12FN3S/c1-7-5-15-11(16-7)6-14-10-3-2-8(12)4-9(10)13/h2-5,14H,6,13H2,1H3. The van der Waals surface area contributed by atoms with Crippen LogP contribution in [0.3, 0.4) is 0 Å². The lowest BCUT2D eigenvalue weighted by Crippen LogP contribution is -2.02. The SMILES string of the molecule is Cc1cnc(CNc2ccc(F)cc2N)s1.